The number of hydrogen-bond donors (Lipinski definition) is 4. The summed E-state index contributed by atoms with van der Waals surface area (Å²) in [6.45, 7) is 2.39. The van der Waals surface area contributed by atoms with Crippen LogP contribution < -0.4 is 21.5 Å². The molecule has 0 spiro atoms. The zero-order valence-electron chi connectivity index (χ0n) is 13.6. The van der Waals surface area contributed by atoms with E-state index in [4.69, 9.17) is 0 Å². The highest BCUT2D eigenvalue weighted by molar-refractivity contribution is 7.16. The van der Waals surface area contributed by atoms with Crippen molar-refractivity contribution < 1.29 is 4.79 Å². The van der Waals surface area contributed by atoms with Crippen molar-refractivity contribution in [1.29, 1.82) is 0 Å². The van der Waals surface area contributed by atoms with Crippen LogP contribution in [-0.2, 0) is 0 Å². The summed E-state index contributed by atoms with van der Waals surface area (Å²) < 4.78 is 1.18. The van der Waals surface area contributed by atoms with Crippen molar-refractivity contribution in [2.45, 2.75) is 0 Å². The van der Waals surface area contributed by atoms with Crippen LogP contribution in [-0.4, -0.2) is 30.6 Å². The number of para-hydroxylation sites is 1. The van der Waals surface area contributed by atoms with Gasteiger partial charge in [0.25, 0.3) is 0 Å². The first-order chi connectivity index (χ1) is 12.3. The zero-order chi connectivity index (χ0) is 17.1. The number of thiazole rings is 1. The SMILES string of the molecule is O=C(NCC1CNNC1)Nc1ccc(-c2cccc3scnc23)cc1. The van der Waals surface area contributed by atoms with Gasteiger partial charge in [-0.3, -0.25) is 10.9 Å². The molecule has 1 aromatic heterocycles. The molecule has 0 bridgehead atoms. The van der Waals surface area contributed by atoms with Gasteiger partial charge in [-0.2, -0.15) is 0 Å². The van der Waals surface area contributed by atoms with E-state index in [-0.39, 0.29) is 6.03 Å². The topological polar surface area (TPSA) is 78.1 Å². The summed E-state index contributed by atoms with van der Waals surface area (Å²) in [5, 5.41) is 5.77. The molecule has 4 N–H and O–H groups in total. The fourth-order valence-corrected chi connectivity index (χ4v) is 3.62. The first-order valence-corrected chi connectivity index (χ1v) is 9.11. The Morgan fingerprint density at radius 2 is 1.96 bits per heavy atom. The number of nitrogens with zero attached hydrogens (tertiary/aromatic N) is 1. The predicted octanol–water partition coefficient (Wildman–Crippen LogP) is 2.81. The molecule has 1 saturated heterocycles. The summed E-state index contributed by atoms with van der Waals surface area (Å²) in [4.78, 5) is 16.4. The Morgan fingerprint density at radius 1 is 1.16 bits per heavy atom. The number of aromatic nitrogens is 1. The third-order valence-corrected chi connectivity index (χ3v) is 5.07. The Labute approximate surface area is 149 Å². The third kappa shape index (κ3) is 3.63. The Balaban J connectivity index is 1.41. The average Bonchev–Trinajstić information content (AvgIpc) is 3.32. The second-order valence-electron chi connectivity index (χ2n) is 6.04. The molecule has 25 heavy (non-hydrogen) atoms. The van der Waals surface area contributed by atoms with Gasteiger partial charge in [0.2, 0.25) is 0 Å². The Hall–Kier alpha value is -2.48. The minimum atomic E-state index is -0.179. The highest BCUT2D eigenvalue weighted by Gasteiger charge is 2.14. The summed E-state index contributed by atoms with van der Waals surface area (Å²) in [5.74, 6) is 0.423. The zero-order valence-corrected chi connectivity index (χ0v) is 14.4. The van der Waals surface area contributed by atoms with Crippen LogP contribution in [0.5, 0.6) is 0 Å². The average molecular weight is 353 g/mol. The Kier molecular flexibility index (Phi) is 4.60. The van der Waals surface area contributed by atoms with Gasteiger partial charge in [0, 0.05) is 36.8 Å². The molecule has 0 atom stereocenters. The minimum Gasteiger partial charge on any atom is -0.337 e. The lowest BCUT2D eigenvalue weighted by atomic mass is 10.0. The second-order valence-corrected chi connectivity index (χ2v) is 6.93. The van der Waals surface area contributed by atoms with E-state index in [1.165, 1.54) is 4.70 Å². The molecule has 3 aromatic rings. The summed E-state index contributed by atoms with van der Waals surface area (Å²) in [6.07, 6.45) is 0. The number of rotatable bonds is 4. The largest absolute Gasteiger partial charge is 0.337 e. The molecule has 2 amide bonds. The van der Waals surface area contributed by atoms with Crippen LogP contribution in [0.15, 0.2) is 48.0 Å². The van der Waals surface area contributed by atoms with Crippen LogP contribution in [0.1, 0.15) is 0 Å². The molecule has 0 aliphatic carbocycles. The number of benzene rings is 2. The van der Waals surface area contributed by atoms with Gasteiger partial charge in [-0.1, -0.05) is 24.3 Å². The predicted molar refractivity (Wildman–Crippen MR) is 102 cm³/mol. The number of carbonyl (C=O) groups excluding carboxylic acids is 1. The van der Waals surface area contributed by atoms with Gasteiger partial charge in [0.15, 0.2) is 0 Å². The van der Waals surface area contributed by atoms with E-state index in [1.807, 2.05) is 35.8 Å². The first kappa shape index (κ1) is 16.0. The number of fused-ring (bicyclic) bond motifs is 1. The number of urea groups is 1. The molecule has 1 aliphatic heterocycles. The molecule has 6 nitrogen and oxygen atoms in total. The van der Waals surface area contributed by atoms with Gasteiger partial charge in [-0.15, -0.1) is 11.3 Å². The third-order valence-electron chi connectivity index (χ3n) is 4.27. The minimum absolute atomic E-state index is 0.179. The number of hydrogen-bond acceptors (Lipinski definition) is 5. The number of carbonyl (C=O) groups is 1. The van der Waals surface area contributed by atoms with Gasteiger partial charge in [-0.25, -0.2) is 9.78 Å². The van der Waals surface area contributed by atoms with Crippen LogP contribution in [0.3, 0.4) is 0 Å². The maximum Gasteiger partial charge on any atom is 0.319 e. The molecule has 2 aromatic carbocycles. The number of amides is 2. The van der Waals surface area contributed by atoms with Crippen molar-refractivity contribution in [3.05, 3.63) is 48.0 Å². The summed E-state index contributed by atoms with van der Waals surface area (Å²) >= 11 is 1.64. The van der Waals surface area contributed by atoms with E-state index in [1.54, 1.807) is 11.3 Å². The lowest BCUT2D eigenvalue weighted by Crippen LogP contribution is -2.34. The van der Waals surface area contributed by atoms with Gasteiger partial charge in [0.05, 0.1) is 15.7 Å². The van der Waals surface area contributed by atoms with E-state index < -0.39 is 0 Å². The van der Waals surface area contributed by atoms with E-state index in [0.29, 0.717) is 12.5 Å². The number of hydrazine groups is 1. The second kappa shape index (κ2) is 7.18. The van der Waals surface area contributed by atoms with Crippen LogP contribution in [0.25, 0.3) is 21.3 Å². The molecule has 7 heteroatoms. The van der Waals surface area contributed by atoms with Crippen LogP contribution >= 0.6 is 11.3 Å². The molecule has 128 valence electrons. The van der Waals surface area contributed by atoms with Gasteiger partial charge in [-0.05, 0) is 23.8 Å². The first-order valence-electron chi connectivity index (χ1n) is 8.23. The maximum atomic E-state index is 12.0. The highest BCUT2D eigenvalue weighted by Crippen LogP contribution is 2.30. The molecular weight excluding hydrogens is 334 g/mol. The van der Waals surface area contributed by atoms with Crippen LogP contribution in [0.2, 0.25) is 0 Å². The fraction of sp³-hybridized carbons (Fsp3) is 0.222. The molecular formula is C18H19N5OS. The van der Waals surface area contributed by atoms with Gasteiger partial charge in [0.1, 0.15) is 0 Å². The van der Waals surface area contributed by atoms with Crippen molar-refractivity contribution in [3.63, 3.8) is 0 Å². The lowest BCUT2D eigenvalue weighted by molar-refractivity contribution is 0.250. The van der Waals surface area contributed by atoms with E-state index in [2.05, 4.69) is 38.6 Å². The van der Waals surface area contributed by atoms with E-state index in [0.717, 1.165) is 35.4 Å². The smallest absolute Gasteiger partial charge is 0.319 e. The van der Waals surface area contributed by atoms with Crippen molar-refractivity contribution in [2.75, 3.05) is 25.0 Å². The summed E-state index contributed by atoms with van der Waals surface area (Å²) in [6, 6.07) is 13.9. The Morgan fingerprint density at radius 3 is 2.76 bits per heavy atom. The normalized spacial score (nSPS) is 14.7. The Bertz CT molecular complexity index is 871. The lowest BCUT2D eigenvalue weighted by Gasteiger charge is -2.11. The summed E-state index contributed by atoms with van der Waals surface area (Å²) in [5.41, 5.74) is 12.0. The van der Waals surface area contributed by atoms with Gasteiger partial charge >= 0.3 is 6.03 Å². The number of anilines is 1. The molecule has 0 radical (unpaired) electrons. The molecule has 0 unspecified atom stereocenters. The number of nitrogens with one attached hydrogen (secondary N) is 4. The maximum absolute atomic E-state index is 12.0. The standard InChI is InChI=1S/C18H19N5OS/c24-18(19-8-12-9-21-22-10-12)23-14-6-4-13(5-7-14)15-2-1-3-16-17(15)20-11-25-16/h1-7,11-12,21-22H,8-10H2,(H2,19,23,24). The fourth-order valence-electron chi connectivity index (χ4n) is 2.91. The molecule has 1 fully saturated rings. The monoisotopic (exact) mass is 353 g/mol. The highest BCUT2D eigenvalue weighted by atomic mass is 32.1. The molecule has 0 saturated carbocycles. The van der Waals surface area contributed by atoms with Crippen molar-refractivity contribution >= 4 is 33.3 Å². The van der Waals surface area contributed by atoms with Crippen molar-refractivity contribution in [2.24, 2.45) is 5.92 Å². The summed E-state index contributed by atoms with van der Waals surface area (Å²) in [7, 11) is 0. The quantitative estimate of drug-likeness (QED) is 0.582. The van der Waals surface area contributed by atoms with Crippen molar-refractivity contribution in [1.82, 2.24) is 21.2 Å². The van der Waals surface area contributed by atoms with Crippen molar-refractivity contribution in [3.8, 4) is 11.1 Å². The van der Waals surface area contributed by atoms with E-state index in [9.17, 15) is 4.79 Å². The molecule has 2 heterocycles. The molecule has 4 rings (SSSR count). The van der Waals surface area contributed by atoms with E-state index >= 15 is 0 Å². The van der Waals surface area contributed by atoms with Gasteiger partial charge < -0.3 is 10.6 Å². The molecule has 1 aliphatic rings. The van der Waals surface area contributed by atoms with Crippen LogP contribution in [0.4, 0.5) is 10.5 Å². The van der Waals surface area contributed by atoms with Crippen LogP contribution in [0, 0.1) is 5.92 Å².